The summed E-state index contributed by atoms with van der Waals surface area (Å²) in [4.78, 5) is 21.5. The highest BCUT2D eigenvalue weighted by Gasteiger charge is 2.10. The molecule has 0 heterocycles. The van der Waals surface area contributed by atoms with Gasteiger partial charge in [-0.1, -0.05) is 11.8 Å². The Balaban J connectivity index is 3.24. The van der Waals surface area contributed by atoms with E-state index in [1.54, 1.807) is 6.07 Å². The molecule has 0 aliphatic carbocycles. The fourth-order valence-corrected chi connectivity index (χ4v) is 1.13. The molecule has 0 aliphatic heterocycles. The molecule has 0 fully saturated rings. The van der Waals surface area contributed by atoms with Gasteiger partial charge >= 0.3 is 11.9 Å². The highest BCUT2D eigenvalue weighted by molar-refractivity contribution is 5.94. The maximum Gasteiger partial charge on any atom is 0.335 e. The summed E-state index contributed by atoms with van der Waals surface area (Å²) in [5.41, 5.74) is -0.0325. The van der Waals surface area contributed by atoms with E-state index in [0.29, 0.717) is 0 Å². The van der Waals surface area contributed by atoms with Crippen molar-refractivity contribution in [1.82, 2.24) is 0 Å². The Bertz CT molecular complexity index is 540. The lowest BCUT2D eigenvalue weighted by atomic mass is 10.1. The molecule has 5 heteroatoms. The molecule has 84 valence electrons. The number of aromatic carboxylic acids is 2. The van der Waals surface area contributed by atoms with E-state index in [0.717, 1.165) is 6.07 Å². The Morgan fingerprint density at radius 2 is 1.65 bits per heavy atom. The van der Waals surface area contributed by atoms with E-state index in [1.165, 1.54) is 12.1 Å². The van der Waals surface area contributed by atoms with E-state index >= 15 is 0 Å². The van der Waals surface area contributed by atoms with Crippen molar-refractivity contribution in [2.24, 2.45) is 0 Å². The molecule has 0 aliphatic rings. The molecule has 0 atom stereocenters. The molecule has 0 aromatic heterocycles. The van der Waals surface area contributed by atoms with Gasteiger partial charge < -0.3 is 10.2 Å². The van der Waals surface area contributed by atoms with Crippen LogP contribution in [0.2, 0.25) is 0 Å². The van der Waals surface area contributed by atoms with Crippen LogP contribution in [0.15, 0.2) is 18.2 Å². The van der Waals surface area contributed by atoms with E-state index in [9.17, 15) is 9.59 Å². The molecule has 1 rings (SSSR count). The van der Waals surface area contributed by atoms with E-state index < -0.39 is 11.9 Å². The molecule has 0 unspecified atom stereocenters. The molecular weight excluding hydrogens is 222 g/mol. The quantitative estimate of drug-likeness (QED) is 0.746. The standard InChI is InChI=1S/C12H7NO4/c13-4-2-1-3-8-5-9(11(14)15)7-10(6-8)12(16)17/h5-7H,2H2,(H,14,15)(H,16,17). The molecule has 1 aromatic rings. The van der Waals surface area contributed by atoms with Gasteiger partial charge in [0.25, 0.3) is 0 Å². The van der Waals surface area contributed by atoms with Crippen molar-refractivity contribution in [2.75, 3.05) is 0 Å². The maximum atomic E-state index is 10.8. The molecule has 0 saturated heterocycles. The van der Waals surface area contributed by atoms with Crippen molar-refractivity contribution in [2.45, 2.75) is 6.42 Å². The number of carbonyl (C=O) groups is 2. The van der Waals surface area contributed by atoms with Crippen LogP contribution in [0.3, 0.4) is 0 Å². The Morgan fingerprint density at radius 1 is 1.12 bits per heavy atom. The van der Waals surface area contributed by atoms with Crippen LogP contribution < -0.4 is 0 Å². The third-order valence-electron chi connectivity index (χ3n) is 1.83. The van der Waals surface area contributed by atoms with Gasteiger partial charge in [-0.05, 0) is 18.2 Å². The van der Waals surface area contributed by atoms with E-state index in [2.05, 4.69) is 11.8 Å². The molecule has 0 amide bonds. The first-order valence-electron chi connectivity index (χ1n) is 4.52. The number of rotatable bonds is 2. The maximum absolute atomic E-state index is 10.8. The zero-order valence-electron chi connectivity index (χ0n) is 8.60. The van der Waals surface area contributed by atoms with E-state index in [-0.39, 0.29) is 23.1 Å². The predicted octanol–water partition coefficient (Wildman–Crippen LogP) is 1.35. The fourth-order valence-electron chi connectivity index (χ4n) is 1.13. The number of carboxylic acids is 2. The number of benzene rings is 1. The van der Waals surface area contributed by atoms with Gasteiger partial charge in [0.1, 0.15) is 0 Å². The molecule has 0 spiro atoms. The van der Waals surface area contributed by atoms with Gasteiger partial charge in [-0.3, -0.25) is 0 Å². The summed E-state index contributed by atoms with van der Waals surface area (Å²) in [6.07, 6.45) is -0.000294. The van der Waals surface area contributed by atoms with Crippen molar-refractivity contribution in [3.8, 4) is 17.9 Å². The molecule has 5 nitrogen and oxygen atoms in total. The summed E-state index contributed by atoms with van der Waals surface area (Å²) in [6.45, 7) is 0. The zero-order valence-corrected chi connectivity index (χ0v) is 8.60. The van der Waals surface area contributed by atoms with Gasteiger partial charge in [0.2, 0.25) is 0 Å². The summed E-state index contributed by atoms with van der Waals surface area (Å²) < 4.78 is 0. The summed E-state index contributed by atoms with van der Waals surface area (Å²) in [5.74, 6) is 2.57. The highest BCUT2D eigenvalue weighted by atomic mass is 16.4. The second-order valence-electron chi connectivity index (χ2n) is 3.05. The van der Waals surface area contributed by atoms with Crippen molar-refractivity contribution in [3.05, 3.63) is 34.9 Å². The predicted molar refractivity (Wildman–Crippen MR) is 57.5 cm³/mol. The summed E-state index contributed by atoms with van der Waals surface area (Å²) in [6, 6.07) is 5.39. The second-order valence-corrected chi connectivity index (χ2v) is 3.05. The minimum Gasteiger partial charge on any atom is -0.478 e. The second kappa shape index (κ2) is 5.34. The number of carboxylic acid groups (broad SMARTS) is 2. The van der Waals surface area contributed by atoms with Gasteiger partial charge in [-0.25, -0.2) is 9.59 Å². The third-order valence-corrected chi connectivity index (χ3v) is 1.83. The van der Waals surface area contributed by atoms with Crippen molar-refractivity contribution in [1.29, 1.82) is 5.26 Å². The molecule has 17 heavy (non-hydrogen) atoms. The van der Waals surface area contributed by atoms with Crippen molar-refractivity contribution in [3.63, 3.8) is 0 Å². The third kappa shape index (κ3) is 3.37. The minimum atomic E-state index is -1.23. The van der Waals surface area contributed by atoms with Gasteiger partial charge in [-0.15, -0.1) is 0 Å². The molecule has 1 aromatic carbocycles. The average Bonchev–Trinajstić information content (AvgIpc) is 2.29. The first-order chi connectivity index (χ1) is 8.04. The monoisotopic (exact) mass is 229 g/mol. The highest BCUT2D eigenvalue weighted by Crippen LogP contribution is 2.10. The molecular formula is C12H7NO4. The minimum absolute atomic E-state index is 0.000294. The lowest BCUT2D eigenvalue weighted by Gasteiger charge is -1.99. The normalized spacial score (nSPS) is 8.65. The summed E-state index contributed by atoms with van der Waals surface area (Å²) in [5, 5.41) is 25.9. The Morgan fingerprint density at radius 3 is 2.06 bits per heavy atom. The summed E-state index contributed by atoms with van der Waals surface area (Å²) in [7, 11) is 0. The van der Waals surface area contributed by atoms with Crippen LogP contribution in [0.4, 0.5) is 0 Å². The molecule has 2 N–H and O–H groups in total. The fraction of sp³-hybridized carbons (Fsp3) is 0.0833. The van der Waals surface area contributed by atoms with Crippen LogP contribution in [0.5, 0.6) is 0 Å². The van der Waals surface area contributed by atoms with E-state index in [1.807, 2.05) is 0 Å². The Hall–Kier alpha value is -2.79. The van der Waals surface area contributed by atoms with Gasteiger partial charge in [0.05, 0.1) is 23.6 Å². The smallest absolute Gasteiger partial charge is 0.335 e. The number of hydrogen-bond donors (Lipinski definition) is 2. The van der Waals surface area contributed by atoms with Gasteiger partial charge in [0.15, 0.2) is 0 Å². The topological polar surface area (TPSA) is 98.4 Å². The van der Waals surface area contributed by atoms with Crippen LogP contribution in [0.25, 0.3) is 0 Å². The number of nitrogens with zero attached hydrogens (tertiary/aromatic N) is 1. The Labute approximate surface area is 96.9 Å². The van der Waals surface area contributed by atoms with Crippen LogP contribution in [0.1, 0.15) is 32.7 Å². The average molecular weight is 229 g/mol. The first kappa shape index (κ1) is 12.3. The zero-order chi connectivity index (χ0) is 12.8. The van der Waals surface area contributed by atoms with Gasteiger partial charge in [0, 0.05) is 5.56 Å². The lowest BCUT2D eigenvalue weighted by molar-refractivity contribution is 0.0696. The lowest BCUT2D eigenvalue weighted by Crippen LogP contribution is -2.03. The molecule has 0 radical (unpaired) electrons. The van der Waals surface area contributed by atoms with Crippen LogP contribution >= 0.6 is 0 Å². The van der Waals surface area contributed by atoms with Crippen molar-refractivity contribution >= 4 is 11.9 Å². The largest absolute Gasteiger partial charge is 0.478 e. The summed E-state index contributed by atoms with van der Waals surface area (Å²) >= 11 is 0. The van der Waals surface area contributed by atoms with Crippen LogP contribution in [-0.4, -0.2) is 22.2 Å². The molecule has 0 saturated carbocycles. The van der Waals surface area contributed by atoms with Crippen LogP contribution in [-0.2, 0) is 0 Å². The van der Waals surface area contributed by atoms with Crippen molar-refractivity contribution < 1.29 is 19.8 Å². The number of hydrogen-bond acceptors (Lipinski definition) is 3. The first-order valence-corrected chi connectivity index (χ1v) is 4.52. The SMILES string of the molecule is N#CCC#Cc1cc(C(=O)O)cc(C(=O)O)c1. The Kier molecular flexibility index (Phi) is 3.86. The van der Waals surface area contributed by atoms with E-state index in [4.69, 9.17) is 15.5 Å². The van der Waals surface area contributed by atoms with Crippen LogP contribution in [0, 0.1) is 23.2 Å². The molecule has 0 bridgehead atoms. The number of nitriles is 1. The van der Waals surface area contributed by atoms with Gasteiger partial charge in [-0.2, -0.15) is 5.26 Å².